The van der Waals surface area contributed by atoms with Crippen LogP contribution in [-0.4, -0.2) is 19.0 Å². The van der Waals surface area contributed by atoms with Gasteiger partial charge in [-0.15, -0.1) is 0 Å². The Kier molecular flexibility index (Phi) is 4.84. The van der Waals surface area contributed by atoms with Gasteiger partial charge in [0.2, 0.25) is 5.91 Å². The molecule has 3 nitrogen and oxygen atoms in total. The molecule has 3 unspecified atom stereocenters. The van der Waals surface area contributed by atoms with Gasteiger partial charge in [0, 0.05) is 12.5 Å². The molecule has 3 heteroatoms. The zero-order valence-electron chi connectivity index (χ0n) is 10.8. The van der Waals surface area contributed by atoms with E-state index < -0.39 is 0 Å². The summed E-state index contributed by atoms with van der Waals surface area (Å²) in [6.07, 6.45) is 9.73. The van der Waals surface area contributed by atoms with Crippen LogP contribution in [0.4, 0.5) is 0 Å². The Balaban J connectivity index is 1.55. The van der Waals surface area contributed by atoms with Crippen LogP contribution in [0.25, 0.3) is 0 Å². The second-order valence-electron chi connectivity index (χ2n) is 5.78. The van der Waals surface area contributed by atoms with Crippen LogP contribution < -0.4 is 11.1 Å². The molecule has 3 atom stereocenters. The van der Waals surface area contributed by atoms with Gasteiger partial charge in [0.05, 0.1) is 0 Å². The SMILES string of the molecule is NCCCCCCNC(=O)C1CC2CCC1C2. The highest BCUT2D eigenvalue weighted by molar-refractivity contribution is 5.79. The molecule has 0 aromatic heterocycles. The van der Waals surface area contributed by atoms with Gasteiger partial charge in [0.15, 0.2) is 0 Å². The molecule has 0 heterocycles. The number of unbranched alkanes of at least 4 members (excludes halogenated alkanes) is 3. The topological polar surface area (TPSA) is 55.1 Å². The summed E-state index contributed by atoms with van der Waals surface area (Å²) in [6.45, 7) is 1.65. The third kappa shape index (κ3) is 3.44. The molecular formula is C14H26N2O. The summed E-state index contributed by atoms with van der Waals surface area (Å²) < 4.78 is 0. The average molecular weight is 238 g/mol. The standard InChI is InChI=1S/C14H26N2O/c15-7-3-1-2-4-8-16-14(17)13-10-11-5-6-12(13)9-11/h11-13H,1-10,15H2,(H,16,17). The summed E-state index contributed by atoms with van der Waals surface area (Å²) in [4.78, 5) is 12.0. The second kappa shape index (κ2) is 6.39. The van der Waals surface area contributed by atoms with E-state index >= 15 is 0 Å². The lowest BCUT2D eigenvalue weighted by atomic mass is 9.88. The van der Waals surface area contributed by atoms with Gasteiger partial charge >= 0.3 is 0 Å². The molecule has 0 aliphatic heterocycles. The lowest BCUT2D eigenvalue weighted by molar-refractivity contribution is -0.126. The van der Waals surface area contributed by atoms with E-state index in [1.165, 1.54) is 32.1 Å². The molecule has 3 N–H and O–H groups in total. The Bertz CT molecular complexity index is 255. The van der Waals surface area contributed by atoms with Crippen molar-refractivity contribution in [3.05, 3.63) is 0 Å². The Morgan fingerprint density at radius 2 is 1.94 bits per heavy atom. The summed E-state index contributed by atoms with van der Waals surface area (Å²) in [7, 11) is 0. The maximum atomic E-state index is 12.0. The van der Waals surface area contributed by atoms with E-state index in [1.54, 1.807) is 0 Å². The Labute approximate surface area is 105 Å². The number of nitrogens with one attached hydrogen (secondary N) is 1. The minimum atomic E-state index is 0.330. The third-order valence-electron chi connectivity index (χ3n) is 4.50. The van der Waals surface area contributed by atoms with Crippen LogP contribution in [0, 0.1) is 17.8 Å². The molecule has 0 radical (unpaired) electrons. The van der Waals surface area contributed by atoms with Gasteiger partial charge in [-0.25, -0.2) is 0 Å². The molecule has 2 rings (SSSR count). The first kappa shape index (κ1) is 12.9. The van der Waals surface area contributed by atoms with Crippen molar-refractivity contribution in [2.24, 2.45) is 23.5 Å². The van der Waals surface area contributed by atoms with Gasteiger partial charge < -0.3 is 11.1 Å². The lowest BCUT2D eigenvalue weighted by Crippen LogP contribution is -2.34. The fourth-order valence-corrected chi connectivity index (χ4v) is 3.53. The van der Waals surface area contributed by atoms with Crippen LogP contribution >= 0.6 is 0 Å². The molecule has 2 bridgehead atoms. The smallest absolute Gasteiger partial charge is 0.223 e. The number of fused-ring (bicyclic) bond motifs is 2. The molecule has 2 fully saturated rings. The Morgan fingerprint density at radius 3 is 2.59 bits per heavy atom. The summed E-state index contributed by atoms with van der Waals surface area (Å²) in [5.41, 5.74) is 5.44. The first-order chi connectivity index (χ1) is 8.31. The largest absolute Gasteiger partial charge is 0.356 e. The lowest BCUT2D eigenvalue weighted by Gasteiger charge is -2.20. The highest BCUT2D eigenvalue weighted by Crippen LogP contribution is 2.48. The summed E-state index contributed by atoms with van der Waals surface area (Å²) in [5, 5.41) is 3.12. The predicted molar refractivity (Wildman–Crippen MR) is 69.5 cm³/mol. The van der Waals surface area contributed by atoms with E-state index in [4.69, 9.17) is 5.73 Å². The molecule has 0 aromatic carbocycles. The molecule has 2 saturated carbocycles. The number of hydrogen-bond donors (Lipinski definition) is 2. The van der Waals surface area contributed by atoms with E-state index in [0.717, 1.165) is 38.3 Å². The number of carbonyl (C=O) groups is 1. The van der Waals surface area contributed by atoms with Crippen LogP contribution in [0.3, 0.4) is 0 Å². The van der Waals surface area contributed by atoms with Crippen molar-refractivity contribution < 1.29 is 4.79 Å². The maximum Gasteiger partial charge on any atom is 0.223 e. The van der Waals surface area contributed by atoms with Gasteiger partial charge in [-0.1, -0.05) is 19.3 Å². The monoisotopic (exact) mass is 238 g/mol. The van der Waals surface area contributed by atoms with Crippen LogP contribution in [0.15, 0.2) is 0 Å². The first-order valence-corrected chi connectivity index (χ1v) is 7.29. The van der Waals surface area contributed by atoms with Gasteiger partial charge in [-0.3, -0.25) is 4.79 Å². The number of amides is 1. The Hall–Kier alpha value is -0.570. The third-order valence-corrected chi connectivity index (χ3v) is 4.50. The molecule has 0 spiro atoms. The van der Waals surface area contributed by atoms with Crippen LogP contribution in [0.5, 0.6) is 0 Å². The van der Waals surface area contributed by atoms with Crippen LogP contribution in [-0.2, 0) is 4.79 Å². The highest BCUT2D eigenvalue weighted by Gasteiger charge is 2.42. The van der Waals surface area contributed by atoms with Crippen molar-refractivity contribution in [1.82, 2.24) is 5.32 Å². The van der Waals surface area contributed by atoms with E-state index in [0.29, 0.717) is 17.7 Å². The zero-order valence-corrected chi connectivity index (χ0v) is 10.8. The van der Waals surface area contributed by atoms with E-state index in [9.17, 15) is 4.79 Å². The van der Waals surface area contributed by atoms with Crippen molar-refractivity contribution in [3.63, 3.8) is 0 Å². The summed E-state index contributed by atoms with van der Waals surface area (Å²) in [5.74, 6) is 2.24. The molecule has 1 amide bonds. The van der Waals surface area contributed by atoms with Crippen molar-refractivity contribution in [2.75, 3.05) is 13.1 Å². The molecule has 0 aromatic rings. The zero-order chi connectivity index (χ0) is 12.1. The maximum absolute atomic E-state index is 12.0. The number of nitrogens with two attached hydrogens (primary N) is 1. The molecule has 0 saturated heterocycles. The fraction of sp³-hybridized carbons (Fsp3) is 0.929. The summed E-state index contributed by atoms with van der Waals surface area (Å²) in [6, 6.07) is 0. The minimum Gasteiger partial charge on any atom is -0.356 e. The van der Waals surface area contributed by atoms with Gasteiger partial charge in [0.1, 0.15) is 0 Å². The van der Waals surface area contributed by atoms with Gasteiger partial charge in [-0.2, -0.15) is 0 Å². The fourth-order valence-electron chi connectivity index (χ4n) is 3.53. The normalized spacial score (nSPS) is 30.8. The van der Waals surface area contributed by atoms with Gasteiger partial charge in [-0.05, 0) is 50.5 Å². The van der Waals surface area contributed by atoms with E-state index in [1.807, 2.05) is 0 Å². The van der Waals surface area contributed by atoms with Crippen LogP contribution in [0.2, 0.25) is 0 Å². The first-order valence-electron chi connectivity index (χ1n) is 7.29. The molecule has 2 aliphatic rings. The summed E-state index contributed by atoms with van der Waals surface area (Å²) >= 11 is 0. The van der Waals surface area contributed by atoms with Crippen molar-refractivity contribution in [1.29, 1.82) is 0 Å². The molecule has 17 heavy (non-hydrogen) atoms. The quantitative estimate of drug-likeness (QED) is 0.667. The average Bonchev–Trinajstić information content (AvgIpc) is 2.95. The van der Waals surface area contributed by atoms with Crippen molar-refractivity contribution >= 4 is 5.91 Å². The molecule has 98 valence electrons. The van der Waals surface area contributed by atoms with E-state index in [-0.39, 0.29) is 0 Å². The second-order valence-corrected chi connectivity index (χ2v) is 5.78. The molecular weight excluding hydrogens is 212 g/mol. The highest BCUT2D eigenvalue weighted by atomic mass is 16.1. The van der Waals surface area contributed by atoms with Gasteiger partial charge in [0.25, 0.3) is 0 Å². The molecule has 2 aliphatic carbocycles. The number of rotatable bonds is 7. The number of hydrogen-bond acceptors (Lipinski definition) is 2. The van der Waals surface area contributed by atoms with E-state index in [2.05, 4.69) is 5.32 Å². The van der Waals surface area contributed by atoms with Crippen LogP contribution in [0.1, 0.15) is 51.4 Å². The minimum absolute atomic E-state index is 0.330. The predicted octanol–water partition coefficient (Wildman–Crippen LogP) is 2.06. The van der Waals surface area contributed by atoms with Crippen molar-refractivity contribution in [2.45, 2.75) is 51.4 Å². The number of carbonyl (C=O) groups excluding carboxylic acids is 1. The van der Waals surface area contributed by atoms with Crippen molar-refractivity contribution in [3.8, 4) is 0 Å². The Morgan fingerprint density at radius 1 is 1.12 bits per heavy atom.